The smallest absolute Gasteiger partial charge is 0.260 e. The molecule has 0 aliphatic rings. The summed E-state index contributed by atoms with van der Waals surface area (Å²) in [5.41, 5.74) is 4.57. The van der Waals surface area contributed by atoms with Gasteiger partial charge in [-0.15, -0.1) is 0 Å². The zero-order valence-electron chi connectivity index (χ0n) is 9.31. The average Bonchev–Trinajstić information content (AvgIpc) is 2.80. The minimum Gasteiger partial charge on any atom is -0.365 e. The van der Waals surface area contributed by atoms with Crippen LogP contribution in [0.25, 0.3) is 0 Å². The van der Waals surface area contributed by atoms with Gasteiger partial charge in [0.2, 0.25) is 0 Å². The van der Waals surface area contributed by atoms with Gasteiger partial charge in [-0.1, -0.05) is 11.3 Å². The number of carbonyl (C=O) groups is 2. The van der Waals surface area contributed by atoms with Crippen molar-refractivity contribution in [3.63, 3.8) is 0 Å². The highest BCUT2D eigenvalue weighted by molar-refractivity contribution is 7.17. The molecule has 19 heavy (non-hydrogen) atoms. The number of aromatic nitrogens is 1. The first-order valence-electron chi connectivity index (χ1n) is 4.99. The van der Waals surface area contributed by atoms with Crippen LogP contribution in [0.5, 0.6) is 0 Å². The topological polar surface area (TPSA) is 85.1 Å². The number of carbonyl (C=O) groups excluding carboxylic acids is 2. The summed E-state index contributed by atoms with van der Waals surface area (Å²) in [7, 11) is 0. The minimum atomic E-state index is -0.859. The molecule has 0 aliphatic heterocycles. The summed E-state index contributed by atoms with van der Waals surface area (Å²) < 4.78 is 26.3. The number of rotatable bonds is 3. The second-order valence-electron chi connectivity index (χ2n) is 3.47. The average molecular weight is 283 g/mol. The van der Waals surface area contributed by atoms with E-state index >= 15 is 0 Å². The molecule has 1 aromatic heterocycles. The molecule has 2 rings (SSSR count). The summed E-state index contributed by atoms with van der Waals surface area (Å²) in [5.74, 6) is -3.13. The molecular weight excluding hydrogens is 276 g/mol. The van der Waals surface area contributed by atoms with Gasteiger partial charge in [0.25, 0.3) is 11.8 Å². The van der Waals surface area contributed by atoms with Gasteiger partial charge < -0.3 is 5.73 Å². The fourth-order valence-corrected chi connectivity index (χ4v) is 1.95. The van der Waals surface area contributed by atoms with Crippen LogP contribution >= 0.6 is 11.3 Å². The predicted octanol–water partition coefficient (Wildman–Crippen LogP) is 1.77. The summed E-state index contributed by atoms with van der Waals surface area (Å²) >= 11 is 0.840. The summed E-state index contributed by atoms with van der Waals surface area (Å²) in [6, 6.07) is 2.52. The second kappa shape index (κ2) is 5.11. The number of hydrogen-bond donors (Lipinski definition) is 2. The molecule has 0 saturated heterocycles. The van der Waals surface area contributed by atoms with E-state index in [0.29, 0.717) is 0 Å². The normalized spacial score (nSPS) is 10.2. The third-order valence-electron chi connectivity index (χ3n) is 2.14. The number of amides is 2. The van der Waals surface area contributed by atoms with Gasteiger partial charge in [0.05, 0.1) is 11.8 Å². The van der Waals surface area contributed by atoms with Crippen molar-refractivity contribution in [1.82, 2.24) is 4.98 Å². The maximum atomic E-state index is 13.3. The van der Waals surface area contributed by atoms with Crippen LogP contribution in [0.15, 0.2) is 24.4 Å². The lowest BCUT2D eigenvalue weighted by Crippen LogP contribution is -2.13. The van der Waals surface area contributed by atoms with Gasteiger partial charge in [-0.25, -0.2) is 13.8 Å². The number of nitrogens with zero attached hydrogens (tertiary/aromatic N) is 1. The van der Waals surface area contributed by atoms with E-state index in [2.05, 4.69) is 10.3 Å². The van der Waals surface area contributed by atoms with Crippen LogP contribution in [-0.2, 0) is 0 Å². The predicted molar refractivity (Wildman–Crippen MR) is 64.9 cm³/mol. The molecule has 0 atom stereocenters. The lowest BCUT2D eigenvalue weighted by atomic mass is 10.2. The Morgan fingerprint density at radius 2 is 2.05 bits per heavy atom. The number of anilines is 1. The Morgan fingerprint density at radius 1 is 1.32 bits per heavy atom. The van der Waals surface area contributed by atoms with E-state index in [-0.39, 0.29) is 10.0 Å². The first-order valence-corrected chi connectivity index (χ1v) is 5.81. The number of thiazole rings is 1. The summed E-state index contributed by atoms with van der Waals surface area (Å²) in [6.07, 6.45) is 1.19. The fourth-order valence-electron chi connectivity index (χ4n) is 1.28. The molecule has 98 valence electrons. The largest absolute Gasteiger partial charge is 0.365 e. The Labute approximate surface area is 110 Å². The summed E-state index contributed by atoms with van der Waals surface area (Å²) in [4.78, 5) is 26.4. The lowest BCUT2D eigenvalue weighted by molar-refractivity contribution is 0.1000. The zero-order valence-corrected chi connectivity index (χ0v) is 10.1. The molecule has 5 nitrogen and oxygen atoms in total. The van der Waals surface area contributed by atoms with Gasteiger partial charge >= 0.3 is 0 Å². The van der Waals surface area contributed by atoms with Crippen LogP contribution in [-0.4, -0.2) is 16.8 Å². The van der Waals surface area contributed by atoms with Crippen LogP contribution in [0.4, 0.5) is 13.9 Å². The fraction of sp³-hybridized carbons (Fsp3) is 0. The zero-order chi connectivity index (χ0) is 14.0. The van der Waals surface area contributed by atoms with Gasteiger partial charge in [-0.3, -0.25) is 14.9 Å². The lowest BCUT2D eigenvalue weighted by Gasteiger charge is -2.02. The van der Waals surface area contributed by atoms with Crippen LogP contribution in [0.1, 0.15) is 20.0 Å². The van der Waals surface area contributed by atoms with E-state index in [1.165, 1.54) is 6.20 Å². The van der Waals surface area contributed by atoms with E-state index in [0.717, 1.165) is 29.5 Å². The number of benzene rings is 1. The van der Waals surface area contributed by atoms with Gasteiger partial charge in [0.1, 0.15) is 16.5 Å². The maximum Gasteiger partial charge on any atom is 0.260 e. The highest BCUT2D eigenvalue weighted by Crippen LogP contribution is 2.19. The first-order chi connectivity index (χ1) is 8.97. The monoisotopic (exact) mass is 283 g/mol. The molecule has 0 unspecified atom stereocenters. The molecule has 0 spiro atoms. The Bertz CT molecular complexity index is 657. The van der Waals surface area contributed by atoms with Crippen molar-refractivity contribution in [2.24, 2.45) is 5.73 Å². The Morgan fingerprint density at radius 3 is 2.68 bits per heavy atom. The van der Waals surface area contributed by atoms with Crippen LogP contribution in [0, 0.1) is 11.6 Å². The minimum absolute atomic E-state index is 0.0717. The van der Waals surface area contributed by atoms with Crippen LogP contribution < -0.4 is 11.1 Å². The van der Waals surface area contributed by atoms with Crippen LogP contribution in [0.2, 0.25) is 0 Å². The number of halogens is 2. The third-order valence-corrected chi connectivity index (χ3v) is 3.07. The van der Waals surface area contributed by atoms with Crippen molar-refractivity contribution in [1.29, 1.82) is 0 Å². The Balaban J connectivity index is 2.20. The van der Waals surface area contributed by atoms with Crippen molar-refractivity contribution in [3.05, 3.63) is 46.5 Å². The van der Waals surface area contributed by atoms with Crippen molar-refractivity contribution < 1.29 is 18.4 Å². The van der Waals surface area contributed by atoms with E-state index < -0.39 is 29.0 Å². The van der Waals surface area contributed by atoms with Gasteiger partial charge in [0.15, 0.2) is 5.13 Å². The number of primary amides is 1. The van der Waals surface area contributed by atoms with E-state index in [4.69, 9.17) is 5.73 Å². The first kappa shape index (κ1) is 13.1. The van der Waals surface area contributed by atoms with Gasteiger partial charge in [0, 0.05) is 0 Å². The quantitative estimate of drug-likeness (QED) is 0.900. The highest BCUT2D eigenvalue weighted by atomic mass is 32.1. The molecule has 0 fully saturated rings. The van der Waals surface area contributed by atoms with Crippen molar-refractivity contribution in [3.8, 4) is 0 Å². The molecule has 2 aromatic rings. The Kier molecular flexibility index (Phi) is 3.52. The molecule has 0 bridgehead atoms. The summed E-state index contributed by atoms with van der Waals surface area (Å²) in [6.45, 7) is 0. The van der Waals surface area contributed by atoms with Crippen molar-refractivity contribution >= 4 is 28.3 Å². The molecule has 3 N–H and O–H groups in total. The third kappa shape index (κ3) is 2.91. The van der Waals surface area contributed by atoms with E-state index in [1.807, 2.05) is 0 Å². The van der Waals surface area contributed by atoms with Crippen molar-refractivity contribution in [2.75, 3.05) is 5.32 Å². The Hall–Kier alpha value is -2.35. The second-order valence-corrected chi connectivity index (χ2v) is 4.50. The number of nitrogens with one attached hydrogen (secondary N) is 1. The van der Waals surface area contributed by atoms with Crippen molar-refractivity contribution in [2.45, 2.75) is 0 Å². The molecule has 8 heteroatoms. The molecule has 0 saturated carbocycles. The summed E-state index contributed by atoms with van der Waals surface area (Å²) in [5, 5.41) is 2.33. The SMILES string of the molecule is NC(=O)c1cnc(NC(=O)c2cc(F)ccc2F)s1. The molecule has 1 heterocycles. The molecule has 0 aliphatic carbocycles. The standard InChI is InChI=1S/C11H7F2N3O2S/c12-5-1-2-7(13)6(3-5)10(18)16-11-15-4-8(19-11)9(14)17/h1-4H,(H2,14,17)(H,15,16,18). The van der Waals surface area contributed by atoms with Gasteiger partial charge in [-0.2, -0.15) is 0 Å². The van der Waals surface area contributed by atoms with E-state index in [9.17, 15) is 18.4 Å². The van der Waals surface area contributed by atoms with E-state index in [1.54, 1.807) is 0 Å². The molecule has 0 radical (unpaired) electrons. The number of hydrogen-bond acceptors (Lipinski definition) is 4. The van der Waals surface area contributed by atoms with Crippen LogP contribution in [0.3, 0.4) is 0 Å². The molecule has 1 aromatic carbocycles. The number of nitrogens with two attached hydrogens (primary N) is 1. The maximum absolute atomic E-state index is 13.3. The highest BCUT2D eigenvalue weighted by Gasteiger charge is 2.15. The molecular formula is C11H7F2N3O2S. The van der Waals surface area contributed by atoms with Gasteiger partial charge in [-0.05, 0) is 18.2 Å². The molecule has 2 amide bonds.